The van der Waals surface area contributed by atoms with Crippen LogP contribution in [0.1, 0.15) is 36.0 Å². The van der Waals surface area contributed by atoms with E-state index in [1.807, 2.05) is 21.1 Å². The van der Waals surface area contributed by atoms with Crippen molar-refractivity contribution in [1.29, 1.82) is 0 Å². The van der Waals surface area contributed by atoms with Crippen LogP contribution in [0.3, 0.4) is 0 Å². The molecule has 2 amide bonds. The van der Waals surface area contributed by atoms with Crippen molar-refractivity contribution in [3.05, 3.63) is 42.0 Å². The molecule has 38 heavy (non-hydrogen) atoms. The third-order valence-electron chi connectivity index (χ3n) is 5.37. The molecule has 0 radical (unpaired) electrons. The summed E-state index contributed by atoms with van der Waals surface area (Å²) >= 11 is 0. The van der Waals surface area contributed by atoms with E-state index in [2.05, 4.69) is 15.8 Å². The monoisotopic (exact) mass is 529 g/mol. The minimum Gasteiger partial charge on any atom is -0.504 e. The number of likely N-dealkylation sites (N-methyl/N-ethyl adjacent to an activating group) is 1. The van der Waals surface area contributed by atoms with Crippen LogP contribution in [0.5, 0.6) is 23.0 Å². The predicted molar refractivity (Wildman–Crippen MR) is 144 cm³/mol. The average Bonchev–Trinajstić information content (AvgIpc) is 2.86. The molecule has 0 saturated heterocycles. The summed E-state index contributed by atoms with van der Waals surface area (Å²) in [6.07, 6.45) is 0.750. The van der Waals surface area contributed by atoms with Gasteiger partial charge in [0, 0.05) is 23.8 Å². The lowest BCUT2D eigenvalue weighted by molar-refractivity contribution is -0.862. The number of nitrogens with zero attached hydrogens (tertiary/aromatic N) is 2. The summed E-state index contributed by atoms with van der Waals surface area (Å²) < 4.78 is 16.0. The third-order valence-corrected chi connectivity index (χ3v) is 5.37. The highest BCUT2D eigenvalue weighted by atomic mass is 16.5. The summed E-state index contributed by atoms with van der Waals surface area (Å²) in [5, 5.41) is 16.8. The lowest BCUT2D eigenvalue weighted by Gasteiger charge is -2.22. The van der Waals surface area contributed by atoms with Gasteiger partial charge < -0.3 is 29.1 Å². The number of phenols is 1. The van der Waals surface area contributed by atoms with Crippen LogP contribution in [0.2, 0.25) is 0 Å². The highest BCUT2D eigenvalue weighted by Gasteiger charge is 2.17. The first-order chi connectivity index (χ1) is 17.9. The fourth-order valence-corrected chi connectivity index (χ4v) is 3.51. The number of quaternary nitrogens is 1. The molecule has 2 aromatic carbocycles. The Labute approximate surface area is 223 Å². The molecular weight excluding hydrogens is 492 g/mol. The van der Waals surface area contributed by atoms with Crippen molar-refractivity contribution in [2.24, 2.45) is 5.10 Å². The molecule has 2 rings (SSSR count). The van der Waals surface area contributed by atoms with Crippen molar-refractivity contribution < 1.29 is 38.2 Å². The SMILES string of the molecule is COc1ccc(OC)c(NC(=O)CCC/C(CC(=O)c2ccc(O)c(OC)c2)=N\NC(=O)C[N+](C)(C)C)c1. The van der Waals surface area contributed by atoms with Gasteiger partial charge in [0.15, 0.2) is 23.8 Å². The molecule has 0 heterocycles. The second kappa shape index (κ2) is 14.0. The number of hydrogen-bond acceptors (Lipinski definition) is 8. The Hall–Kier alpha value is -4.12. The maximum Gasteiger partial charge on any atom is 0.295 e. The van der Waals surface area contributed by atoms with Gasteiger partial charge in [0.1, 0.15) is 11.5 Å². The van der Waals surface area contributed by atoms with Gasteiger partial charge >= 0.3 is 0 Å². The molecule has 0 aliphatic heterocycles. The maximum absolute atomic E-state index is 12.9. The lowest BCUT2D eigenvalue weighted by Crippen LogP contribution is -2.43. The Kier molecular flexibility index (Phi) is 11.1. The quantitative estimate of drug-likeness (QED) is 0.148. The number of carbonyl (C=O) groups excluding carboxylic acids is 3. The van der Waals surface area contributed by atoms with E-state index in [4.69, 9.17) is 14.2 Å². The molecule has 0 unspecified atom stereocenters. The number of ketones is 1. The third kappa shape index (κ3) is 9.74. The Morgan fingerprint density at radius 2 is 1.61 bits per heavy atom. The van der Waals surface area contributed by atoms with E-state index in [0.29, 0.717) is 45.8 Å². The van der Waals surface area contributed by atoms with Gasteiger partial charge in [0.05, 0.1) is 54.6 Å². The number of carbonyl (C=O) groups is 3. The van der Waals surface area contributed by atoms with E-state index in [9.17, 15) is 19.5 Å². The molecule has 11 heteroatoms. The zero-order valence-corrected chi connectivity index (χ0v) is 22.8. The second-order valence-corrected chi connectivity index (χ2v) is 9.62. The van der Waals surface area contributed by atoms with Crippen LogP contribution in [0.4, 0.5) is 5.69 Å². The summed E-state index contributed by atoms with van der Waals surface area (Å²) in [6, 6.07) is 9.40. The Bertz CT molecular complexity index is 1170. The Morgan fingerprint density at radius 3 is 2.24 bits per heavy atom. The number of rotatable bonds is 14. The van der Waals surface area contributed by atoms with Crippen molar-refractivity contribution in [2.75, 3.05) is 54.3 Å². The molecule has 0 spiro atoms. The molecule has 0 atom stereocenters. The van der Waals surface area contributed by atoms with E-state index < -0.39 is 0 Å². The van der Waals surface area contributed by atoms with Gasteiger partial charge in [-0.05, 0) is 43.2 Å². The van der Waals surface area contributed by atoms with Crippen molar-refractivity contribution in [1.82, 2.24) is 5.43 Å². The number of phenolic OH excluding ortho intramolecular Hbond substituents is 1. The largest absolute Gasteiger partial charge is 0.504 e. The molecule has 11 nitrogen and oxygen atoms in total. The van der Waals surface area contributed by atoms with E-state index >= 15 is 0 Å². The summed E-state index contributed by atoms with van der Waals surface area (Å²) in [5.41, 5.74) is 3.75. The number of hydrazone groups is 1. The van der Waals surface area contributed by atoms with Gasteiger partial charge in [0.25, 0.3) is 5.91 Å². The van der Waals surface area contributed by atoms with E-state index in [0.717, 1.165) is 0 Å². The number of amides is 2. The van der Waals surface area contributed by atoms with Crippen molar-refractivity contribution in [2.45, 2.75) is 25.7 Å². The molecule has 0 aromatic heterocycles. The van der Waals surface area contributed by atoms with E-state index in [1.165, 1.54) is 39.5 Å². The number of anilines is 1. The summed E-state index contributed by atoms with van der Waals surface area (Å²) in [6.45, 7) is 0.199. The first kappa shape index (κ1) is 30.1. The van der Waals surface area contributed by atoms with Crippen LogP contribution in [0, 0.1) is 0 Å². The number of ether oxygens (including phenoxy) is 3. The van der Waals surface area contributed by atoms with Crippen molar-refractivity contribution >= 4 is 29.0 Å². The minimum atomic E-state index is -0.295. The highest BCUT2D eigenvalue weighted by molar-refractivity contribution is 6.10. The first-order valence-corrected chi connectivity index (χ1v) is 12.0. The molecule has 206 valence electrons. The molecule has 2 aromatic rings. The number of hydrogen-bond donors (Lipinski definition) is 3. The lowest BCUT2D eigenvalue weighted by atomic mass is 10.0. The van der Waals surface area contributed by atoms with Crippen LogP contribution < -0.4 is 25.0 Å². The molecule has 0 aliphatic rings. The predicted octanol–water partition coefficient (Wildman–Crippen LogP) is 2.98. The smallest absolute Gasteiger partial charge is 0.295 e. The zero-order chi connectivity index (χ0) is 28.3. The van der Waals surface area contributed by atoms with Crippen LogP contribution in [-0.4, -0.2) is 81.9 Å². The molecule has 0 aliphatic carbocycles. The first-order valence-electron chi connectivity index (χ1n) is 12.0. The second-order valence-electron chi connectivity index (χ2n) is 9.62. The summed E-state index contributed by atoms with van der Waals surface area (Å²) in [7, 11) is 10.1. The molecule has 0 bridgehead atoms. The number of methoxy groups -OCH3 is 3. The normalized spacial score (nSPS) is 11.5. The van der Waals surface area contributed by atoms with Crippen LogP contribution in [0.25, 0.3) is 0 Å². The fourth-order valence-electron chi connectivity index (χ4n) is 3.51. The summed E-state index contributed by atoms with van der Waals surface area (Å²) in [4.78, 5) is 37.8. The molecule has 0 saturated carbocycles. The molecular formula is C27H37N4O7+. The van der Waals surface area contributed by atoms with Crippen molar-refractivity contribution in [3.63, 3.8) is 0 Å². The highest BCUT2D eigenvalue weighted by Crippen LogP contribution is 2.29. The number of aromatic hydroxyl groups is 1. The average molecular weight is 530 g/mol. The number of benzene rings is 2. The number of Topliss-reactive ketones (excluding diaryl/α,β-unsaturated/α-hetero) is 1. The molecule has 3 N–H and O–H groups in total. The van der Waals surface area contributed by atoms with Gasteiger partial charge in [-0.1, -0.05) is 0 Å². The minimum absolute atomic E-state index is 0.0795. The topological polar surface area (TPSA) is 136 Å². The van der Waals surface area contributed by atoms with Crippen LogP contribution >= 0.6 is 0 Å². The summed E-state index contributed by atoms with van der Waals surface area (Å²) in [5.74, 6) is 0.352. The zero-order valence-electron chi connectivity index (χ0n) is 22.8. The fraction of sp³-hybridized carbons (Fsp3) is 0.407. The standard InChI is InChI=1S/C27H36N4O7/c1-31(2,3)17-27(35)30-29-19(15-23(33)18-10-12-22(32)25(14-18)38-6)8-7-9-26(34)28-21-16-20(36-4)11-13-24(21)37-5/h10-14,16H,7-9,15,17H2,1-6H3,(H2-,28,30,32,33,34,35)/p+1/b29-19+. The van der Waals surface area contributed by atoms with Gasteiger partial charge in [-0.15, -0.1) is 0 Å². The Balaban J connectivity index is 2.09. The van der Waals surface area contributed by atoms with E-state index in [1.54, 1.807) is 18.2 Å². The van der Waals surface area contributed by atoms with Crippen LogP contribution in [0.15, 0.2) is 41.5 Å². The van der Waals surface area contributed by atoms with E-state index in [-0.39, 0.29) is 48.5 Å². The van der Waals surface area contributed by atoms with Gasteiger partial charge in [-0.25, -0.2) is 5.43 Å². The van der Waals surface area contributed by atoms with Gasteiger partial charge in [-0.2, -0.15) is 5.10 Å². The number of nitrogens with one attached hydrogen (secondary N) is 2. The van der Waals surface area contributed by atoms with Gasteiger partial charge in [-0.3, -0.25) is 14.4 Å². The molecule has 0 fully saturated rings. The van der Waals surface area contributed by atoms with Crippen molar-refractivity contribution in [3.8, 4) is 23.0 Å². The Morgan fingerprint density at radius 1 is 0.895 bits per heavy atom. The maximum atomic E-state index is 12.9. The van der Waals surface area contributed by atoms with Crippen LogP contribution in [-0.2, 0) is 9.59 Å². The van der Waals surface area contributed by atoms with Gasteiger partial charge in [0.2, 0.25) is 5.91 Å².